The number of methoxy groups -OCH3 is 1. The molecule has 2 aliphatic rings. The molecule has 0 spiro atoms. The van der Waals surface area contributed by atoms with E-state index in [1.54, 1.807) is 12.0 Å². The van der Waals surface area contributed by atoms with Crippen LogP contribution in [0.25, 0.3) is 0 Å². The maximum absolute atomic E-state index is 12.8. The lowest BCUT2D eigenvalue weighted by Gasteiger charge is -2.28. The Balaban J connectivity index is 1.73. The van der Waals surface area contributed by atoms with Gasteiger partial charge in [-0.15, -0.1) is 0 Å². The highest BCUT2D eigenvalue weighted by atomic mass is 16.5. The summed E-state index contributed by atoms with van der Waals surface area (Å²) in [6.45, 7) is 2.65. The van der Waals surface area contributed by atoms with Crippen LogP contribution in [0.1, 0.15) is 50.6 Å². The predicted octanol–water partition coefficient (Wildman–Crippen LogP) is 1.78. The Morgan fingerprint density at radius 2 is 1.93 bits per heavy atom. The van der Waals surface area contributed by atoms with Crippen molar-refractivity contribution in [3.63, 3.8) is 0 Å². The van der Waals surface area contributed by atoms with Crippen LogP contribution in [-0.4, -0.2) is 48.9 Å². The molecule has 0 radical (unpaired) electrons. The number of likely N-dealkylation sites (tertiary alicyclic amines) is 1. The Morgan fingerprint density at radius 1 is 1.21 bits per heavy atom. The van der Waals surface area contributed by atoms with Gasteiger partial charge in [0.05, 0.1) is 25.6 Å². The molecule has 152 valence electrons. The molecule has 0 aromatic heterocycles. The van der Waals surface area contributed by atoms with E-state index >= 15 is 0 Å². The summed E-state index contributed by atoms with van der Waals surface area (Å²) in [4.78, 5) is 39.2. The molecule has 0 bridgehead atoms. The van der Waals surface area contributed by atoms with Gasteiger partial charge in [0.15, 0.2) is 0 Å². The zero-order chi connectivity index (χ0) is 20.1. The number of carbonyl (C=O) groups excluding carboxylic acids is 3. The molecule has 7 heteroatoms. The molecule has 7 nitrogen and oxygen atoms in total. The zero-order valence-corrected chi connectivity index (χ0v) is 16.6. The lowest BCUT2D eigenvalue weighted by molar-refractivity contribution is -0.129. The van der Waals surface area contributed by atoms with Crippen molar-refractivity contribution >= 4 is 17.7 Å². The summed E-state index contributed by atoms with van der Waals surface area (Å²) in [5.41, 5.74) is 0.908. The van der Waals surface area contributed by atoms with Crippen molar-refractivity contribution in [2.75, 3.05) is 20.2 Å². The lowest BCUT2D eigenvalue weighted by Crippen LogP contribution is -2.41. The molecule has 3 rings (SSSR count). The second-order valence-electron chi connectivity index (χ2n) is 7.53. The van der Waals surface area contributed by atoms with Crippen molar-refractivity contribution in [2.24, 2.45) is 5.92 Å². The van der Waals surface area contributed by atoms with Gasteiger partial charge in [0.25, 0.3) is 0 Å². The van der Waals surface area contributed by atoms with Crippen LogP contribution in [0, 0.1) is 5.92 Å². The Morgan fingerprint density at radius 3 is 2.54 bits per heavy atom. The molecule has 1 saturated heterocycles. The number of hydrogen-bond acceptors (Lipinski definition) is 4. The van der Waals surface area contributed by atoms with E-state index < -0.39 is 5.92 Å². The molecule has 1 aliphatic heterocycles. The lowest BCUT2D eigenvalue weighted by atomic mass is 9.92. The van der Waals surface area contributed by atoms with Gasteiger partial charge in [-0.25, -0.2) is 0 Å². The fourth-order valence-electron chi connectivity index (χ4n) is 3.64. The number of hydrogen-bond donors (Lipinski definition) is 2. The Labute approximate surface area is 165 Å². The van der Waals surface area contributed by atoms with E-state index in [-0.39, 0.29) is 42.8 Å². The van der Waals surface area contributed by atoms with E-state index in [1.807, 2.05) is 24.3 Å². The second-order valence-corrected chi connectivity index (χ2v) is 7.53. The zero-order valence-electron chi connectivity index (χ0n) is 16.6. The number of rotatable bonds is 9. The number of ether oxygens (including phenoxy) is 1. The molecular formula is C21H29N3O4. The van der Waals surface area contributed by atoms with E-state index in [9.17, 15) is 14.4 Å². The number of carbonyl (C=O) groups is 3. The summed E-state index contributed by atoms with van der Waals surface area (Å²) in [5, 5.41) is 5.58. The van der Waals surface area contributed by atoms with Gasteiger partial charge in [-0.05, 0) is 37.0 Å². The van der Waals surface area contributed by atoms with Gasteiger partial charge in [-0.2, -0.15) is 0 Å². The summed E-state index contributed by atoms with van der Waals surface area (Å²) < 4.78 is 5.22. The highest BCUT2D eigenvalue weighted by Gasteiger charge is 2.44. The highest BCUT2D eigenvalue weighted by molar-refractivity contribution is 5.92. The topological polar surface area (TPSA) is 87.7 Å². The highest BCUT2D eigenvalue weighted by Crippen LogP contribution is 2.39. The van der Waals surface area contributed by atoms with E-state index in [2.05, 4.69) is 17.6 Å². The monoisotopic (exact) mass is 387 g/mol. The first-order chi connectivity index (χ1) is 13.5. The van der Waals surface area contributed by atoms with Crippen LogP contribution in [0.5, 0.6) is 5.75 Å². The second kappa shape index (κ2) is 9.08. The SMILES string of the molecule is CCCCN1C(=O)CC(C(=O)NCC(=O)NC2CC2)C1c1ccc(OC)cc1. The molecule has 1 heterocycles. The van der Waals surface area contributed by atoms with Crippen molar-refractivity contribution in [2.45, 2.75) is 51.1 Å². The summed E-state index contributed by atoms with van der Waals surface area (Å²) in [5.74, 6) is -0.225. The minimum absolute atomic E-state index is 0.0168. The van der Waals surface area contributed by atoms with Crippen molar-refractivity contribution in [3.05, 3.63) is 29.8 Å². The van der Waals surface area contributed by atoms with Gasteiger partial charge in [0, 0.05) is 19.0 Å². The average Bonchev–Trinajstić information content (AvgIpc) is 3.45. The normalized spacial score (nSPS) is 21.5. The molecule has 1 aromatic rings. The third-order valence-electron chi connectivity index (χ3n) is 5.34. The van der Waals surface area contributed by atoms with Crippen LogP contribution < -0.4 is 15.4 Å². The number of nitrogens with one attached hydrogen (secondary N) is 2. The molecule has 2 atom stereocenters. The van der Waals surface area contributed by atoms with Gasteiger partial charge in [-0.3, -0.25) is 14.4 Å². The van der Waals surface area contributed by atoms with Crippen molar-refractivity contribution in [3.8, 4) is 5.75 Å². The summed E-state index contributed by atoms with van der Waals surface area (Å²) in [6, 6.07) is 7.43. The van der Waals surface area contributed by atoms with E-state index in [0.29, 0.717) is 6.54 Å². The summed E-state index contributed by atoms with van der Waals surface area (Å²) >= 11 is 0. The van der Waals surface area contributed by atoms with Crippen molar-refractivity contribution in [1.29, 1.82) is 0 Å². The smallest absolute Gasteiger partial charge is 0.239 e. The van der Waals surface area contributed by atoms with E-state index in [0.717, 1.165) is 37.0 Å². The number of benzene rings is 1. The first-order valence-corrected chi connectivity index (χ1v) is 10.0. The third kappa shape index (κ3) is 4.82. The quantitative estimate of drug-likeness (QED) is 0.676. The van der Waals surface area contributed by atoms with Gasteiger partial charge in [0.2, 0.25) is 17.7 Å². The standard InChI is InChI=1S/C21H29N3O4/c1-3-4-11-24-19(26)12-17(20(24)14-5-9-16(28-2)10-6-14)21(27)22-13-18(25)23-15-7-8-15/h5-6,9-10,15,17,20H,3-4,7-8,11-13H2,1-2H3,(H,22,27)(H,23,25). The fourth-order valence-corrected chi connectivity index (χ4v) is 3.64. The molecular weight excluding hydrogens is 358 g/mol. The molecule has 1 aliphatic carbocycles. The maximum Gasteiger partial charge on any atom is 0.239 e. The Hall–Kier alpha value is -2.57. The molecule has 2 unspecified atom stereocenters. The molecule has 2 N–H and O–H groups in total. The van der Waals surface area contributed by atoms with E-state index in [1.165, 1.54) is 0 Å². The van der Waals surface area contributed by atoms with Gasteiger partial charge in [0.1, 0.15) is 5.75 Å². The molecule has 28 heavy (non-hydrogen) atoms. The predicted molar refractivity (Wildman–Crippen MR) is 105 cm³/mol. The molecule has 3 amide bonds. The first-order valence-electron chi connectivity index (χ1n) is 10.0. The summed E-state index contributed by atoms with van der Waals surface area (Å²) in [6.07, 6.45) is 4.02. The van der Waals surface area contributed by atoms with Crippen LogP contribution in [0.3, 0.4) is 0 Å². The molecule has 2 fully saturated rings. The summed E-state index contributed by atoms with van der Waals surface area (Å²) in [7, 11) is 1.60. The third-order valence-corrected chi connectivity index (χ3v) is 5.34. The minimum atomic E-state index is -0.508. The fraction of sp³-hybridized carbons (Fsp3) is 0.571. The number of unbranched alkanes of at least 4 members (excludes halogenated alkanes) is 1. The van der Waals surface area contributed by atoms with Gasteiger partial charge >= 0.3 is 0 Å². The minimum Gasteiger partial charge on any atom is -0.497 e. The molecule has 1 saturated carbocycles. The van der Waals surface area contributed by atoms with E-state index in [4.69, 9.17) is 4.74 Å². The van der Waals surface area contributed by atoms with Crippen LogP contribution in [0.4, 0.5) is 0 Å². The number of nitrogens with zero attached hydrogens (tertiary/aromatic N) is 1. The van der Waals surface area contributed by atoms with Crippen LogP contribution >= 0.6 is 0 Å². The van der Waals surface area contributed by atoms with Crippen LogP contribution in [0.15, 0.2) is 24.3 Å². The van der Waals surface area contributed by atoms with Gasteiger partial charge in [-0.1, -0.05) is 25.5 Å². The van der Waals surface area contributed by atoms with Crippen LogP contribution in [-0.2, 0) is 14.4 Å². The Kier molecular flexibility index (Phi) is 6.54. The van der Waals surface area contributed by atoms with Gasteiger partial charge < -0.3 is 20.3 Å². The van der Waals surface area contributed by atoms with Crippen molar-refractivity contribution < 1.29 is 19.1 Å². The number of amides is 3. The molecule has 1 aromatic carbocycles. The largest absolute Gasteiger partial charge is 0.497 e. The van der Waals surface area contributed by atoms with Crippen LogP contribution in [0.2, 0.25) is 0 Å². The average molecular weight is 387 g/mol. The van der Waals surface area contributed by atoms with Crippen molar-refractivity contribution in [1.82, 2.24) is 15.5 Å². The first kappa shape index (κ1) is 20.2. The Bertz CT molecular complexity index is 715. The maximum atomic E-state index is 12.8.